The summed E-state index contributed by atoms with van der Waals surface area (Å²) in [4.78, 5) is 16.9. The maximum atomic E-state index is 11.9. The Morgan fingerprint density at radius 2 is 2.35 bits per heavy atom. The molecule has 2 heterocycles. The number of carbonyl (C=O) groups is 1. The third-order valence-corrected chi connectivity index (χ3v) is 3.43. The highest BCUT2D eigenvalue weighted by Gasteiger charge is 2.22. The molecule has 0 unspecified atom stereocenters. The maximum absolute atomic E-state index is 11.9. The topological polar surface area (TPSA) is 66.6 Å². The normalized spacial score (nSPS) is 12.0. The lowest BCUT2D eigenvalue weighted by atomic mass is 10.1. The van der Waals surface area contributed by atoms with Crippen molar-refractivity contribution in [3.05, 3.63) is 23.0 Å². The average molecular weight is 253 g/mol. The van der Waals surface area contributed by atoms with E-state index >= 15 is 0 Å². The van der Waals surface area contributed by atoms with E-state index in [2.05, 4.69) is 10.3 Å². The summed E-state index contributed by atoms with van der Waals surface area (Å²) in [5.41, 5.74) is 0.794. The molecule has 0 aliphatic heterocycles. The summed E-state index contributed by atoms with van der Waals surface area (Å²) in [7, 11) is 0. The summed E-state index contributed by atoms with van der Waals surface area (Å²) < 4.78 is 1.88. The molecule has 0 aliphatic carbocycles. The van der Waals surface area contributed by atoms with Gasteiger partial charge in [-0.25, -0.2) is 4.98 Å². The minimum Gasteiger partial charge on any atom is -0.394 e. The number of hydrogen-bond donors (Lipinski definition) is 2. The molecule has 0 radical (unpaired) electrons. The fraction of sp³-hybridized carbons (Fsp3) is 0.455. The van der Waals surface area contributed by atoms with Gasteiger partial charge in [-0.2, -0.15) is 0 Å². The standard InChI is InChI=1S/C11H15N3O2S/c1-7-5-17-10-12-8(4-14(7)10)9(16)13-11(2,3)6-15/h4-5,15H,6H2,1-3H3,(H,13,16). The van der Waals surface area contributed by atoms with Crippen LogP contribution in [0.4, 0.5) is 0 Å². The minimum absolute atomic E-state index is 0.111. The van der Waals surface area contributed by atoms with Crippen LogP contribution in [0.2, 0.25) is 0 Å². The Hall–Kier alpha value is -1.40. The summed E-state index contributed by atoms with van der Waals surface area (Å²) in [5.74, 6) is -0.264. The van der Waals surface area contributed by atoms with E-state index in [4.69, 9.17) is 5.11 Å². The van der Waals surface area contributed by atoms with Crippen LogP contribution in [-0.2, 0) is 0 Å². The van der Waals surface area contributed by atoms with Gasteiger partial charge in [-0.3, -0.25) is 9.20 Å². The van der Waals surface area contributed by atoms with Crippen LogP contribution in [0.1, 0.15) is 30.0 Å². The first-order valence-corrected chi connectivity index (χ1v) is 6.17. The molecule has 2 rings (SSSR count). The van der Waals surface area contributed by atoms with E-state index in [0.29, 0.717) is 5.69 Å². The first kappa shape index (κ1) is 12.1. The van der Waals surface area contributed by atoms with E-state index < -0.39 is 5.54 Å². The SMILES string of the molecule is Cc1csc2nc(C(=O)NC(C)(C)CO)cn12. The van der Waals surface area contributed by atoms with Crippen molar-refractivity contribution >= 4 is 22.2 Å². The second-order valence-electron chi connectivity index (χ2n) is 4.65. The van der Waals surface area contributed by atoms with Gasteiger partial charge in [0.15, 0.2) is 4.96 Å². The lowest BCUT2D eigenvalue weighted by Gasteiger charge is -2.22. The molecule has 92 valence electrons. The number of nitrogens with zero attached hydrogens (tertiary/aromatic N) is 2. The Balaban J connectivity index is 2.25. The number of aliphatic hydroxyl groups excluding tert-OH is 1. The molecule has 0 saturated heterocycles. The number of imidazole rings is 1. The molecule has 0 spiro atoms. The summed E-state index contributed by atoms with van der Waals surface area (Å²) in [6.45, 7) is 5.37. The van der Waals surface area contributed by atoms with Crippen molar-refractivity contribution in [1.29, 1.82) is 0 Å². The van der Waals surface area contributed by atoms with E-state index in [-0.39, 0.29) is 12.5 Å². The molecule has 0 saturated carbocycles. The van der Waals surface area contributed by atoms with E-state index in [1.807, 2.05) is 16.7 Å². The molecule has 0 fully saturated rings. The van der Waals surface area contributed by atoms with Crippen LogP contribution in [0.25, 0.3) is 4.96 Å². The molecule has 1 amide bonds. The summed E-state index contributed by atoms with van der Waals surface area (Å²) >= 11 is 1.50. The molecule has 6 heteroatoms. The molecule has 2 aromatic heterocycles. The van der Waals surface area contributed by atoms with Crippen molar-refractivity contribution in [2.24, 2.45) is 0 Å². The molecule has 0 aromatic carbocycles. The van der Waals surface area contributed by atoms with Gasteiger partial charge >= 0.3 is 0 Å². The van der Waals surface area contributed by atoms with Crippen LogP contribution in [0.3, 0.4) is 0 Å². The van der Waals surface area contributed by atoms with Crippen molar-refractivity contribution in [2.45, 2.75) is 26.3 Å². The highest BCUT2D eigenvalue weighted by Crippen LogP contribution is 2.16. The van der Waals surface area contributed by atoms with Gasteiger partial charge in [-0.05, 0) is 20.8 Å². The van der Waals surface area contributed by atoms with Gasteiger partial charge in [-0.1, -0.05) is 0 Å². The maximum Gasteiger partial charge on any atom is 0.272 e. The number of carbonyl (C=O) groups excluding carboxylic acids is 1. The second kappa shape index (κ2) is 4.12. The van der Waals surface area contributed by atoms with Gasteiger partial charge < -0.3 is 10.4 Å². The quantitative estimate of drug-likeness (QED) is 0.864. The van der Waals surface area contributed by atoms with Gasteiger partial charge in [0.05, 0.1) is 12.1 Å². The Morgan fingerprint density at radius 1 is 1.65 bits per heavy atom. The third-order valence-electron chi connectivity index (χ3n) is 2.47. The van der Waals surface area contributed by atoms with Gasteiger partial charge in [0.1, 0.15) is 5.69 Å². The fourth-order valence-corrected chi connectivity index (χ4v) is 2.27. The van der Waals surface area contributed by atoms with E-state index in [1.165, 1.54) is 11.3 Å². The predicted octanol–water partition coefficient (Wildman–Crippen LogP) is 1.20. The number of aryl methyl sites for hydroxylation is 1. The zero-order valence-corrected chi connectivity index (χ0v) is 10.8. The van der Waals surface area contributed by atoms with E-state index in [9.17, 15) is 4.79 Å². The monoisotopic (exact) mass is 253 g/mol. The fourth-order valence-electron chi connectivity index (χ4n) is 1.41. The molecule has 2 aromatic rings. The Morgan fingerprint density at radius 3 is 2.94 bits per heavy atom. The molecule has 5 nitrogen and oxygen atoms in total. The number of rotatable bonds is 3. The number of hydrogen-bond acceptors (Lipinski definition) is 4. The largest absolute Gasteiger partial charge is 0.394 e. The first-order chi connectivity index (χ1) is 7.93. The highest BCUT2D eigenvalue weighted by molar-refractivity contribution is 7.15. The molecule has 2 N–H and O–H groups in total. The first-order valence-electron chi connectivity index (χ1n) is 5.29. The average Bonchev–Trinajstić information content (AvgIpc) is 2.81. The van der Waals surface area contributed by atoms with Crippen molar-refractivity contribution in [3.8, 4) is 0 Å². The summed E-state index contributed by atoms with van der Waals surface area (Å²) in [5, 5.41) is 13.8. The minimum atomic E-state index is -0.636. The molecular formula is C11H15N3O2S. The molecular weight excluding hydrogens is 238 g/mol. The number of amides is 1. The Labute approximate surface area is 103 Å². The van der Waals surface area contributed by atoms with Crippen LogP contribution in [0.15, 0.2) is 11.6 Å². The molecule has 17 heavy (non-hydrogen) atoms. The van der Waals surface area contributed by atoms with Crippen LogP contribution in [-0.4, -0.2) is 32.5 Å². The van der Waals surface area contributed by atoms with Crippen molar-refractivity contribution in [2.75, 3.05) is 6.61 Å². The number of fused-ring (bicyclic) bond motifs is 1. The number of thiazole rings is 1. The second-order valence-corrected chi connectivity index (χ2v) is 5.49. The van der Waals surface area contributed by atoms with Gasteiger partial charge in [0, 0.05) is 17.3 Å². The lowest BCUT2D eigenvalue weighted by Crippen LogP contribution is -2.46. The molecule has 0 bridgehead atoms. The van der Waals surface area contributed by atoms with Gasteiger partial charge in [-0.15, -0.1) is 11.3 Å². The lowest BCUT2D eigenvalue weighted by molar-refractivity contribution is 0.0865. The number of nitrogens with one attached hydrogen (secondary N) is 1. The number of aromatic nitrogens is 2. The van der Waals surface area contributed by atoms with Crippen LogP contribution < -0.4 is 5.32 Å². The highest BCUT2D eigenvalue weighted by atomic mass is 32.1. The van der Waals surface area contributed by atoms with Crippen molar-refractivity contribution in [1.82, 2.24) is 14.7 Å². The predicted molar refractivity (Wildman–Crippen MR) is 66.4 cm³/mol. The third kappa shape index (κ3) is 2.32. The van der Waals surface area contributed by atoms with Crippen LogP contribution >= 0.6 is 11.3 Å². The van der Waals surface area contributed by atoms with Crippen LogP contribution in [0, 0.1) is 6.92 Å². The molecule has 0 aliphatic rings. The molecule has 0 atom stereocenters. The van der Waals surface area contributed by atoms with Crippen LogP contribution in [0.5, 0.6) is 0 Å². The smallest absolute Gasteiger partial charge is 0.272 e. The Bertz CT molecular complexity index is 556. The van der Waals surface area contributed by atoms with Gasteiger partial charge in [0.2, 0.25) is 0 Å². The summed E-state index contributed by atoms with van der Waals surface area (Å²) in [6, 6.07) is 0. The number of aliphatic hydroxyl groups is 1. The van der Waals surface area contributed by atoms with Crippen molar-refractivity contribution in [3.63, 3.8) is 0 Å². The summed E-state index contributed by atoms with van der Waals surface area (Å²) in [6.07, 6.45) is 1.71. The van der Waals surface area contributed by atoms with E-state index in [1.54, 1.807) is 20.0 Å². The van der Waals surface area contributed by atoms with E-state index in [0.717, 1.165) is 10.7 Å². The van der Waals surface area contributed by atoms with Gasteiger partial charge in [0.25, 0.3) is 5.91 Å². The zero-order valence-electron chi connectivity index (χ0n) is 10.0. The van der Waals surface area contributed by atoms with Crippen molar-refractivity contribution < 1.29 is 9.90 Å². The Kier molecular flexibility index (Phi) is 2.92. The zero-order chi connectivity index (χ0) is 12.6.